The van der Waals surface area contributed by atoms with E-state index in [0.717, 1.165) is 11.3 Å². The van der Waals surface area contributed by atoms with Crippen molar-refractivity contribution in [2.24, 2.45) is 0 Å². The van der Waals surface area contributed by atoms with Crippen LogP contribution in [0.15, 0.2) is 46.9 Å². The lowest BCUT2D eigenvalue weighted by atomic mass is 10.1. The monoisotopic (exact) mass is 182 g/mol. The average Bonchev–Trinajstić information content (AvgIpc) is 2.53. The zero-order chi connectivity index (χ0) is 9.54. The molecule has 0 aliphatic carbocycles. The second-order valence-electron chi connectivity index (χ2n) is 3.59. The molecule has 1 heterocycles. The lowest BCUT2D eigenvalue weighted by molar-refractivity contribution is 0.579. The summed E-state index contributed by atoms with van der Waals surface area (Å²) in [6, 6.07) is 14.7. The fraction of sp³-hybridized carbons (Fsp3) is 0.0769. The van der Waals surface area contributed by atoms with Crippen LogP contribution in [0.5, 0.6) is 0 Å². The van der Waals surface area contributed by atoms with E-state index in [-0.39, 0.29) is 0 Å². The third kappa shape index (κ3) is 1.02. The lowest BCUT2D eigenvalue weighted by Gasteiger charge is -1.95. The number of benzene rings is 2. The predicted octanol–water partition coefficient (Wildman–Crippen LogP) is 3.89. The van der Waals surface area contributed by atoms with Gasteiger partial charge in [-0.25, -0.2) is 0 Å². The first-order valence-corrected chi connectivity index (χ1v) is 4.72. The molecule has 0 atom stereocenters. The Morgan fingerprint density at radius 2 is 1.57 bits per heavy atom. The molecule has 0 spiro atoms. The number of fused-ring (bicyclic) bond motifs is 2. The van der Waals surface area contributed by atoms with Gasteiger partial charge in [0.2, 0.25) is 0 Å². The van der Waals surface area contributed by atoms with Gasteiger partial charge in [-0.3, -0.25) is 0 Å². The highest BCUT2D eigenvalue weighted by atomic mass is 16.3. The van der Waals surface area contributed by atoms with Crippen molar-refractivity contribution in [3.8, 4) is 0 Å². The molecule has 0 saturated heterocycles. The molecule has 0 aliphatic rings. The highest BCUT2D eigenvalue weighted by Crippen LogP contribution is 2.24. The van der Waals surface area contributed by atoms with E-state index < -0.39 is 0 Å². The first-order valence-electron chi connectivity index (χ1n) is 4.72. The van der Waals surface area contributed by atoms with Gasteiger partial charge in [0, 0.05) is 5.39 Å². The van der Waals surface area contributed by atoms with E-state index in [2.05, 4.69) is 36.4 Å². The molecule has 0 N–H and O–H groups in total. The molecule has 1 nitrogen and oxygen atoms in total. The van der Waals surface area contributed by atoms with Crippen LogP contribution in [0, 0.1) is 6.92 Å². The van der Waals surface area contributed by atoms with Gasteiger partial charge in [0.25, 0.3) is 0 Å². The lowest BCUT2D eigenvalue weighted by Crippen LogP contribution is -1.70. The smallest absolute Gasteiger partial charge is 0.134 e. The molecule has 0 bridgehead atoms. The molecule has 14 heavy (non-hydrogen) atoms. The molecule has 0 aliphatic heterocycles. The number of rotatable bonds is 0. The molecule has 0 amide bonds. The molecule has 0 saturated carbocycles. The van der Waals surface area contributed by atoms with Crippen molar-refractivity contribution in [3.63, 3.8) is 0 Å². The Kier molecular flexibility index (Phi) is 1.42. The average molecular weight is 182 g/mol. The highest BCUT2D eigenvalue weighted by Gasteiger charge is 2.01. The summed E-state index contributed by atoms with van der Waals surface area (Å²) < 4.78 is 5.58. The van der Waals surface area contributed by atoms with E-state index in [4.69, 9.17) is 4.42 Å². The van der Waals surface area contributed by atoms with Crippen molar-refractivity contribution in [3.05, 3.63) is 48.2 Å². The van der Waals surface area contributed by atoms with Crippen molar-refractivity contribution in [2.75, 3.05) is 0 Å². The number of hydrogen-bond acceptors (Lipinski definition) is 1. The van der Waals surface area contributed by atoms with Crippen LogP contribution in [0.3, 0.4) is 0 Å². The second-order valence-corrected chi connectivity index (χ2v) is 3.59. The zero-order valence-electron chi connectivity index (χ0n) is 7.95. The van der Waals surface area contributed by atoms with Crippen LogP contribution in [-0.4, -0.2) is 0 Å². The highest BCUT2D eigenvalue weighted by molar-refractivity contribution is 5.96. The van der Waals surface area contributed by atoms with Gasteiger partial charge in [-0.2, -0.15) is 0 Å². The molecule has 2 aromatic carbocycles. The van der Waals surface area contributed by atoms with Gasteiger partial charge in [-0.05, 0) is 35.9 Å². The summed E-state index contributed by atoms with van der Waals surface area (Å²) in [5, 5.41) is 3.68. The van der Waals surface area contributed by atoms with Crippen LogP contribution in [0.2, 0.25) is 0 Å². The van der Waals surface area contributed by atoms with Gasteiger partial charge in [-0.15, -0.1) is 0 Å². The van der Waals surface area contributed by atoms with Crippen LogP contribution < -0.4 is 0 Å². The second kappa shape index (κ2) is 2.61. The molecule has 3 rings (SSSR count). The van der Waals surface area contributed by atoms with Crippen molar-refractivity contribution in [1.82, 2.24) is 0 Å². The van der Waals surface area contributed by atoms with Gasteiger partial charge in [-0.1, -0.05) is 24.3 Å². The quantitative estimate of drug-likeness (QED) is 0.514. The minimum Gasteiger partial charge on any atom is -0.461 e. The number of hydrogen-bond donors (Lipinski definition) is 0. The largest absolute Gasteiger partial charge is 0.461 e. The Labute approximate surface area is 82.0 Å². The summed E-state index contributed by atoms with van der Waals surface area (Å²) >= 11 is 0. The Bertz CT molecular complexity index is 552. The maximum Gasteiger partial charge on any atom is 0.134 e. The number of aryl methyl sites for hydroxylation is 1. The summed E-state index contributed by atoms with van der Waals surface area (Å²) in [5.41, 5.74) is 0.973. The van der Waals surface area contributed by atoms with E-state index in [1.54, 1.807) is 0 Å². The van der Waals surface area contributed by atoms with Crippen molar-refractivity contribution < 1.29 is 4.42 Å². The minimum absolute atomic E-state index is 0.968. The zero-order valence-corrected chi connectivity index (χ0v) is 7.95. The van der Waals surface area contributed by atoms with E-state index >= 15 is 0 Å². The summed E-state index contributed by atoms with van der Waals surface area (Å²) in [6.45, 7) is 1.98. The predicted molar refractivity (Wildman–Crippen MR) is 58.5 cm³/mol. The van der Waals surface area contributed by atoms with Crippen molar-refractivity contribution in [2.45, 2.75) is 6.92 Å². The molecule has 3 aromatic rings. The molecule has 68 valence electrons. The van der Waals surface area contributed by atoms with Crippen LogP contribution in [0.25, 0.3) is 21.7 Å². The molecule has 1 aromatic heterocycles. The summed E-state index contributed by atoms with van der Waals surface area (Å²) in [7, 11) is 0. The fourth-order valence-electron chi connectivity index (χ4n) is 1.86. The maximum atomic E-state index is 5.58. The summed E-state index contributed by atoms with van der Waals surface area (Å²) in [5.74, 6) is 0.968. The SMILES string of the molecule is Cc1cc2cc3ccccc3cc2o1. The van der Waals surface area contributed by atoms with Gasteiger partial charge in [0.15, 0.2) is 0 Å². The molecule has 0 fully saturated rings. The van der Waals surface area contributed by atoms with Crippen molar-refractivity contribution >= 4 is 21.7 Å². The van der Waals surface area contributed by atoms with Gasteiger partial charge in [0.1, 0.15) is 11.3 Å². The van der Waals surface area contributed by atoms with Crippen LogP contribution in [-0.2, 0) is 0 Å². The molecule has 1 heteroatoms. The third-order valence-corrected chi connectivity index (χ3v) is 2.51. The minimum atomic E-state index is 0.968. The topological polar surface area (TPSA) is 13.1 Å². The summed E-state index contributed by atoms with van der Waals surface area (Å²) in [6.07, 6.45) is 0. The molecular formula is C13H10O. The van der Waals surface area contributed by atoms with E-state index in [1.165, 1.54) is 16.2 Å². The Balaban J connectivity index is 2.51. The van der Waals surface area contributed by atoms with Gasteiger partial charge >= 0.3 is 0 Å². The Morgan fingerprint density at radius 3 is 2.36 bits per heavy atom. The van der Waals surface area contributed by atoms with Gasteiger partial charge < -0.3 is 4.42 Å². The Morgan fingerprint density at radius 1 is 0.857 bits per heavy atom. The van der Waals surface area contributed by atoms with E-state index in [1.807, 2.05) is 13.0 Å². The van der Waals surface area contributed by atoms with Crippen LogP contribution in [0.4, 0.5) is 0 Å². The van der Waals surface area contributed by atoms with Crippen molar-refractivity contribution in [1.29, 1.82) is 0 Å². The molecular weight excluding hydrogens is 172 g/mol. The normalized spacial score (nSPS) is 11.2. The van der Waals surface area contributed by atoms with Crippen LogP contribution >= 0.6 is 0 Å². The van der Waals surface area contributed by atoms with E-state index in [9.17, 15) is 0 Å². The first kappa shape index (κ1) is 7.63. The standard InChI is InChI=1S/C13H10O/c1-9-6-12-7-10-4-2-3-5-11(10)8-13(12)14-9/h2-8H,1H3. The third-order valence-electron chi connectivity index (χ3n) is 2.51. The van der Waals surface area contributed by atoms with E-state index in [0.29, 0.717) is 0 Å². The Hall–Kier alpha value is -1.76. The first-order chi connectivity index (χ1) is 6.83. The number of furan rings is 1. The van der Waals surface area contributed by atoms with Gasteiger partial charge in [0.05, 0.1) is 0 Å². The maximum absolute atomic E-state index is 5.58. The fourth-order valence-corrected chi connectivity index (χ4v) is 1.86. The van der Waals surface area contributed by atoms with Crippen LogP contribution in [0.1, 0.15) is 5.76 Å². The summed E-state index contributed by atoms with van der Waals surface area (Å²) in [4.78, 5) is 0. The molecule has 0 unspecified atom stereocenters. The molecule has 0 radical (unpaired) electrons.